The number of anilines is 2. The number of nitrogens with zero attached hydrogens (tertiary/aromatic N) is 7. The number of likely N-dealkylation sites (tertiary alicyclic amines) is 1. The SMILES string of the molecule is CC1CCN(C)CC1(C)F.Cc1nc2ccc(-c3ccn4nc(N)nc(NC(O)(O)O)c34)nc2n1CC(F)F. The van der Waals surface area contributed by atoms with Crippen molar-refractivity contribution in [2.75, 3.05) is 31.2 Å². The van der Waals surface area contributed by atoms with Gasteiger partial charge in [0, 0.05) is 18.3 Å². The molecule has 0 radical (unpaired) electrons. The minimum absolute atomic E-state index is 0.177. The molecule has 39 heavy (non-hydrogen) atoms. The molecule has 0 aromatic carbocycles. The highest BCUT2D eigenvalue weighted by atomic mass is 19.3. The number of aliphatic hydroxyl groups is 3. The standard InChI is InChI=1S/C16H16F2N8O3.C8H16FN/c1-7-20-10-3-2-9(21-14(10)25(7)6-11(17)18)8-4-5-26-12(8)13(22-15(19)24-26)23-16(27,28)29;1-7-4-5-10(3)6-8(7,2)9/h2-5,11,27-29H,6H2,1H3,(H3,19,22,23,24);7H,4-6H2,1-3H3. The highest BCUT2D eigenvalue weighted by Crippen LogP contribution is 2.31. The van der Waals surface area contributed by atoms with Crippen LogP contribution in [0.2, 0.25) is 0 Å². The van der Waals surface area contributed by atoms with Gasteiger partial charge in [-0.15, -0.1) is 5.10 Å². The predicted molar refractivity (Wildman–Crippen MR) is 138 cm³/mol. The van der Waals surface area contributed by atoms with Crippen molar-refractivity contribution >= 4 is 28.4 Å². The van der Waals surface area contributed by atoms with E-state index in [-0.39, 0.29) is 28.8 Å². The number of hydrogen-bond donors (Lipinski definition) is 5. The van der Waals surface area contributed by atoms with Gasteiger partial charge in [-0.2, -0.15) is 4.98 Å². The van der Waals surface area contributed by atoms with E-state index in [1.54, 1.807) is 32.0 Å². The number of pyridine rings is 1. The number of aryl methyl sites for hydroxylation is 1. The van der Waals surface area contributed by atoms with Crippen LogP contribution in [0.25, 0.3) is 27.9 Å². The Hall–Kier alpha value is -3.53. The van der Waals surface area contributed by atoms with Crippen LogP contribution in [0, 0.1) is 12.8 Å². The van der Waals surface area contributed by atoms with Gasteiger partial charge >= 0.3 is 6.10 Å². The lowest BCUT2D eigenvalue weighted by molar-refractivity contribution is -0.289. The normalized spacial score (nSPS) is 20.4. The predicted octanol–water partition coefficient (Wildman–Crippen LogP) is 1.98. The largest absolute Gasteiger partial charge is 0.368 e. The zero-order valence-corrected chi connectivity index (χ0v) is 22.0. The molecule has 0 amide bonds. The Morgan fingerprint density at radius 1 is 1.21 bits per heavy atom. The topological polar surface area (TPSA) is 163 Å². The number of piperidine rings is 1. The Bertz CT molecular complexity index is 1470. The van der Waals surface area contributed by atoms with Gasteiger partial charge in [0.2, 0.25) is 5.95 Å². The molecule has 15 heteroatoms. The number of fused-ring (bicyclic) bond motifs is 2. The first-order valence-electron chi connectivity index (χ1n) is 12.2. The molecule has 0 bridgehead atoms. The molecule has 0 saturated carbocycles. The summed E-state index contributed by atoms with van der Waals surface area (Å²) in [4.78, 5) is 14.6. The Kier molecular flexibility index (Phi) is 7.71. The number of nitrogens with one attached hydrogen (secondary N) is 1. The van der Waals surface area contributed by atoms with E-state index in [0.717, 1.165) is 13.0 Å². The van der Waals surface area contributed by atoms with Gasteiger partial charge in [0.25, 0.3) is 6.43 Å². The lowest BCUT2D eigenvalue weighted by atomic mass is 9.86. The number of aromatic nitrogens is 6. The van der Waals surface area contributed by atoms with Crippen LogP contribution in [-0.2, 0) is 6.54 Å². The fraction of sp³-hybridized carbons (Fsp3) is 0.500. The maximum atomic E-state index is 13.5. The van der Waals surface area contributed by atoms with E-state index in [0.29, 0.717) is 29.1 Å². The molecule has 5 rings (SSSR count). The Labute approximate surface area is 221 Å². The van der Waals surface area contributed by atoms with Gasteiger partial charge in [0.05, 0.1) is 12.2 Å². The molecule has 5 heterocycles. The van der Waals surface area contributed by atoms with Gasteiger partial charge in [-0.25, -0.2) is 27.7 Å². The molecule has 1 aliphatic rings. The Morgan fingerprint density at radius 2 is 1.92 bits per heavy atom. The van der Waals surface area contributed by atoms with Crippen molar-refractivity contribution in [2.24, 2.45) is 5.92 Å². The first kappa shape index (κ1) is 28.5. The summed E-state index contributed by atoms with van der Waals surface area (Å²) in [6.45, 7) is 6.39. The van der Waals surface area contributed by atoms with E-state index in [2.05, 4.69) is 25.0 Å². The maximum Gasteiger partial charge on any atom is 0.368 e. The van der Waals surface area contributed by atoms with Crippen LogP contribution in [0.5, 0.6) is 0 Å². The molecule has 0 spiro atoms. The van der Waals surface area contributed by atoms with E-state index < -0.39 is 24.7 Å². The summed E-state index contributed by atoms with van der Waals surface area (Å²) in [5.41, 5.74) is 6.39. The van der Waals surface area contributed by atoms with Crippen molar-refractivity contribution in [3.63, 3.8) is 0 Å². The van der Waals surface area contributed by atoms with E-state index in [1.807, 2.05) is 19.3 Å². The average Bonchev–Trinajstić information content (AvgIpc) is 3.36. The highest BCUT2D eigenvalue weighted by Gasteiger charge is 2.35. The van der Waals surface area contributed by atoms with Crippen LogP contribution >= 0.6 is 0 Å². The zero-order valence-electron chi connectivity index (χ0n) is 22.0. The van der Waals surface area contributed by atoms with E-state index in [1.165, 1.54) is 15.3 Å². The molecule has 212 valence electrons. The summed E-state index contributed by atoms with van der Waals surface area (Å²) in [6, 6.07) is 4.87. The lowest BCUT2D eigenvalue weighted by Gasteiger charge is -2.37. The molecule has 1 saturated heterocycles. The molecule has 4 aromatic heterocycles. The first-order valence-corrected chi connectivity index (χ1v) is 12.2. The average molecular weight is 552 g/mol. The Balaban J connectivity index is 0.000000298. The molecular formula is C24H32F3N9O3. The summed E-state index contributed by atoms with van der Waals surface area (Å²) in [6.07, 6.45) is -3.32. The summed E-state index contributed by atoms with van der Waals surface area (Å²) >= 11 is 0. The van der Waals surface area contributed by atoms with Crippen molar-refractivity contribution in [1.82, 2.24) is 34.0 Å². The maximum absolute atomic E-state index is 13.5. The van der Waals surface area contributed by atoms with Gasteiger partial charge in [0.15, 0.2) is 11.5 Å². The molecule has 2 atom stereocenters. The lowest BCUT2D eigenvalue weighted by Crippen LogP contribution is -2.46. The number of hydrogen-bond acceptors (Lipinski definition) is 10. The van der Waals surface area contributed by atoms with Crippen molar-refractivity contribution in [1.29, 1.82) is 0 Å². The third-order valence-corrected chi connectivity index (χ3v) is 6.74. The van der Waals surface area contributed by atoms with Crippen LogP contribution in [0.3, 0.4) is 0 Å². The van der Waals surface area contributed by atoms with Gasteiger partial charge in [-0.3, -0.25) is 5.32 Å². The fourth-order valence-electron chi connectivity index (χ4n) is 4.59. The van der Waals surface area contributed by atoms with Crippen molar-refractivity contribution < 1.29 is 28.5 Å². The smallest absolute Gasteiger partial charge is 0.366 e. The van der Waals surface area contributed by atoms with E-state index in [9.17, 15) is 28.5 Å². The summed E-state index contributed by atoms with van der Waals surface area (Å²) in [5.74, 6) is 0.254. The third kappa shape index (κ3) is 6.38. The fourth-order valence-corrected chi connectivity index (χ4v) is 4.59. The van der Waals surface area contributed by atoms with Gasteiger partial charge in [0.1, 0.15) is 22.5 Å². The van der Waals surface area contributed by atoms with Crippen LogP contribution in [0.15, 0.2) is 24.4 Å². The van der Waals surface area contributed by atoms with E-state index >= 15 is 0 Å². The van der Waals surface area contributed by atoms with Crippen LogP contribution in [0.1, 0.15) is 26.1 Å². The van der Waals surface area contributed by atoms with Gasteiger partial charge < -0.3 is 30.5 Å². The third-order valence-electron chi connectivity index (χ3n) is 6.74. The first-order chi connectivity index (χ1) is 18.1. The minimum Gasteiger partial charge on any atom is -0.366 e. The second kappa shape index (κ2) is 10.6. The summed E-state index contributed by atoms with van der Waals surface area (Å²) < 4.78 is 42.0. The number of nitrogens with two attached hydrogens (primary N) is 1. The molecule has 1 aliphatic heterocycles. The van der Waals surface area contributed by atoms with Crippen LogP contribution in [-0.4, -0.2) is 87.7 Å². The molecule has 0 aliphatic carbocycles. The van der Waals surface area contributed by atoms with Crippen molar-refractivity contribution in [3.8, 4) is 11.3 Å². The van der Waals surface area contributed by atoms with Crippen LogP contribution < -0.4 is 11.1 Å². The molecule has 2 unspecified atom stereocenters. The summed E-state index contributed by atoms with van der Waals surface area (Å²) in [5, 5.41) is 33.8. The van der Waals surface area contributed by atoms with Gasteiger partial charge in [-0.05, 0) is 58.0 Å². The monoisotopic (exact) mass is 551 g/mol. The van der Waals surface area contributed by atoms with Crippen molar-refractivity contribution in [2.45, 2.75) is 51.9 Å². The number of alkyl halides is 3. The number of rotatable bonds is 5. The Morgan fingerprint density at radius 3 is 2.54 bits per heavy atom. The number of halogens is 3. The number of nitrogen functional groups attached to an aromatic ring is 1. The second-order valence-electron chi connectivity index (χ2n) is 10.0. The zero-order chi connectivity index (χ0) is 28.7. The minimum atomic E-state index is -3.26. The van der Waals surface area contributed by atoms with Crippen LogP contribution in [0.4, 0.5) is 24.9 Å². The van der Waals surface area contributed by atoms with Gasteiger partial charge in [-0.1, -0.05) is 6.92 Å². The molecule has 1 fully saturated rings. The quantitative estimate of drug-likeness (QED) is 0.232. The molecular weight excluding hydrogens is 519 g/mol. The molecule has 6 N–H and O–H groups in total. The van der Waals surface area contributed by atoms with E-state index in [4.69, 9.17) is 5.73 Å². The van der Waals surface area contributed by atoms with Crippen molar-refractivity contribution in [3.05, 3.63) is 30.2 Å². The number of imidazole rings is 1. The highest BCUT2D eigenvalue weighted by molar-refractivity contribution is 5.89. The summed E-state index contributed by atoms with van der Waals surface area (Å²) in [7, 11) is 1.98. The molecule has 12 nitrogen and oxygen atoms in total. The second-order valence-corrected chi connectivity index (χ2v) is 10.0. The molecule has 4 aromatic rings.